The van der Waals surface area contributed by atoms with E-state index in [0.717, 1.165) is 5.92 Å². The monoisotopic (exact) mass is 225 g/mol. The van der Waals surface area contributed by atoms with Crippen LogP contribution >= 0.6 is 15.9 Å². The summed E-state index contributed by atoms with van der Waals surface area (Å²) in [6.07, 6.45) is 11.3. The normalized spacial score (nSPS) is 27.9. The van der Waals surface area contributed by atoms with E-state index in [4.69, 9.17) is 0 Å². The Hall–Kier alpha value is -0.500. The maximum absolute atomic E-state index is 3.31. The van der Waals surface area contributed by atoms with Gasteiger partial charge in [-0.1, -0.05) is 28.1 Å². The maximum atomic E-state index is 3.31. The number of hydrogen-bond acceptors (Lipinski definition) is 1. The van der Waals surface area contributed by atoms with Gasteiger partial charge in [-0.15, -0.1) is 0 Å². The zero-order valence-corrected chi connectivity index (χ0v) is 8.50. The van der Waals surface area contributed by atoms with Crippen molar-refractivity contribution in [2.75, 3.05) is 6.54 Å². The number of allylic oxidation sites excluding steroid dienone is 4. The van der Waals surface area contributed by atoms with E-state index in [1.807, 2.05) is 4.99 Å². The topological polar surface area (TPSA) is 3.24 Å². The van der Waals surface area contributed by atoms with E-state index in [2.05, 4.69) is 45.3 Å². The Morgan fingerprint density at radius 2 is 2.50 bits per heavy atom. The molecule has 0 amide bonds. The summed E-state index contributed by atoms with van der Waals surface area (Å²) >= 11 is 3.31. The minimum Gasteiger partial charge on any atom is -0.351 e. The molecule has 1 aliphatic heterocycles. The van der Waals surface area contributed by atoms with Gasteiger partial charge in [-0.05, 0) is 23.9 Å². The zero-order valence-electron chi connectivity index (χ0n) is 6.91. The molecule has 0 aromatic rings. The van der Waals surface area contributed by atoms with Crippen molar-refractivity contribution in [3.63, 3.8) is 0 Å². The van der Waals surface area contributed by atoms with Crippen LogP contribution in [0.25, 0.3) is 0 Å². The van der Waals surface area contributed by atoms with Gasteiger partial charge in [-0.25, -0.2) is 0 Å². The van der Waals surface area contributed by atoms with Crippen LogP contribution in [0, 0.1) is 5.92 Å². The SMILES string of the molecule is BrC=CN1CCC2CC=CC=C21. The summed E-state index contributed by atoms with van der Waals surface area (Å²) in [4.78, 5) is 4.25. The summed E-state index contributed by atoms with van der Waals surface area (Å²) in [5, 5.41) is 0. The molecule has 1 unspecified atom stereocenters. The Kier molecular flexibility index (Phi) is 2.35. The van der Waals surface area contributed by atoms with Gasteiger partial charge in [0.05, 0.1) is 0 Å². The maximum Gasteiger partial charge on any atom is 0.0229 e. The van der Waals surface area contributed by atoms with Gasteiger partial charge in [0.15, 0.2) is 0 Å². The van der Waals surface area contributed by atoms with Crippen molar-refractivity contribution in [3.05, 3.63) is 35.1 Å². The molecule has 1 nitrogen and oxygen atoms in total. The van der Waals surface area contributed by atoms with E-state index in [-0.39, 0.29) is 0 Å². The number of fused-ring (bicyclic) bond motifs is 1. The summed E-state index contributed by atoms with van der Waals surface area (Å²) in [5.74, 6) is 0.777. The Labute approximate surface area is 81.6 Å². The molecule has 2 rings (SSSR count). The van der Waals surface area contributed by atoms with Crippen LogP contribution in [0.2, 0.25) is 0 Å². The van der Waals surface area contributed by atoms with E-state index in [9.17, 15) is 0 Å². The summed E-state index contributed by atoms with van der Waals surface area (Å²) < 4.78 is 0. The van der Waals surface area contributed by atoms with Crippen LogP contribution in [0.5, 0.6) is 0 Å². The minimum atomic E-state index is 0.777. The second-order valence-electron chi connectivity index (χ2n) is 3.21. The van der Waals surface area contributed by atoms with Crippen LogP contribution in [0.1, 0.15) is 12.8 Å². The average molecular weight is 226 g/mol. The van der Waals surface area contributed by atoms with Gasteiger partial charge in [0, 0.05) is 24.4 Å². The van der Waals surface area contributed by atoms with Gasteiger partial charge in [0.2, 0.25) is 0 Å². The van der Waals surface area contributed by atoms with E-state index >= 15 is 0 Å². The lowest BCUT2D eigenvalue weighted by Crippen LogP contribution is -2.11. The van der Waals surface area contributed by atoms with Crippen LogP contribution < -0.4 is 0 Å². The average Bonchev–Trinajstić information content (AvgIpc) is 2.50. The highest BCUT2D eigenvalue weighted by molar-refractivity contribution is 9.11. The molecule has 0 radical (unpaired) electrons. The van der Waals surface area contributed by atoms with Gasteiger partial charge in [-0.3, -0.25) is 0 Å². The third-order valence-corrected chi connectivity index (χ3v) is 2.76. The van der Waals surface area contributed by atoms with Crippen LogP contribution in [-0.4, -0.2) is 11.4 Å². The van der Waals surface area contributed by atoms with Crippen molar-refractivity contribution in [1.82, 2.24) is 4.90 Å². The minimum absolute atomic E-state index is 0.777. The summed E-state index contributed by atoms with van der Waals surface area (Å²) in [5.41, 5.74) is 1.48. The molecule has 0 aromatic heterocycles. The molecule has 0 bridgehead atoms. The van der Waals surface area contributed by atoms with E-state index < -0.39 is 0 Å². The highest BCUT2D eigenvalue weighted by Gasteiger charge is 2.25. The summed E-state index contributed by atoms with van der Waals surface area (Å²) in [7, 11) is 0. The first kappa shape index (κ1) is 8.11. The lowest BCUT2D eigenvalue weighted by atomic mass is 9.97. The lowest BCUT2D eigenvalue weighted by Gasteiger charge is -2.18. The molecule has 1 fully saturated rings. The fraction of sp³-hybridized carbons (Fsp3) is 0.400. The molecule has 12 heavy (non-hydrogen) atoms. The molecule has 0 spiro atoms. The van der Waals surface area contributed by atoms with Gasteiger partial charge in [-0.2, -0.15) is 0 Å². The Bertz CT molecular complexity index is 253. The highest BCUT2D eigenvalue weighted by Crippen LogP contribution is 2.33. The predicted octanol–water partition coefficient (Wildman–Crippen LogP) is 3.02. The van der Waals surface area contributed by atoms with Crippen LogP contribution in [-0.2, 0) is 0 Å². The lowest BCUT2D eigenvalue weighted by molar-refractivity contribution is 0.528. The van der Waals surface area contributed by atoms with E-state index in [1.54, 1.807) is 0 Å². The predicted molar refractivity (Wildman–Crippen MR) is 54.7 cm³/mol. The third-order valence-electron chi connectivity index (χ3n) is 2.53. The molecule has 0 N–H and O–H groups in total. The van der Waals surface area contributed by atoms with Crippen molar-refractivity contribution in [2.45, 2.75) is 12.8 Å². The van der Waals surface area contributed by atoms with Crippen LogP contribution in [0.3, 0.4) is 0 Å². The van der Waals surface area contributed by atoms with Crippen LogP contribution in [0.15, 0.2) is 35.1 Å². The van der Waals surface area contributed by atoms with Crippen molar-refractivity contribution in [2.24, 2.45) is 5.92 Å². The van der Waals surface area contributed by atoms with Gasteiger partial charge >= 0.3 is 0 Å². The fourth-order valence-electron chi connectivity index (χ4n) is 1.91. The molecule has 1 heterocycles. The number of nitrogens with zero attached hydrogens (tertiary/aromatic N) is 1. The number of halogens is 1. The second-order valence-corrected chi connectivity index (χ2v) is 3.74. The second kappa shape index (κ2) is 3.48. The summed E-state index contributed by atoms with van der Waals surface area (Å²) in [6.45, 7) is 1.17. The van der Waals surface area contributed by atoms with Crippen molar-refractivity contribution in [1.29, 1.82) is 0 Å². The quantitative estimate of drug-likeness (QED) is 0.664. The Morgan fingerprint density at radius 3 is 3.33 bits per heavy atom. The molecular weight excluding hydrogens is 214 g/mol. The van der Waals surface area contributed by atoms with E-state index in [1.165, 1.54) is 25.1 Å². The molecule has 2 aliphatic rings. The smallest absolute Gasteiger partial charge is 0.0229 e. The molecule has 1 atom stereocenters. The zero-order chi connectivity index (χ0) is 8.39. The standard InChI is InChI=1S/C10H12BrN/c11-6-8-12-7-5-9-3-1-2-4-10(9)12/h1-2,4,6,8-9H,3,5,7H2. The van der Waals surface area contributed by atoms with Gasteiger partial charge in [0.25, 0.3) is 0 Å². The highest BCUT2D eigenvalue weighted by atomic mass is 79.9. The molecule has 2 heteroatoms. The summed E-state index contributed by atoms with van der Waals surface area (Å²) in [6, 6.07) is 0. The Balaban J connectivity index is 2.19. The molecule has 0 saturated carbocycles. The molecule has 64 valence electrons. The number of rotatable bonds is 1. The van der Waals surface area contributed by atoms with Gasteiger partial charge in [0.1, 0.15) is 0 Å². The number of likely N-dealkylation sites (tertiary alicyclic amines) is 1. The van der Waals surface area contributed by atoms with E-state index in [0.29, 0.717) is 0 Å². The van der Waals surface area contributed by atoms with Gasteiger partial charge < -0.3 is 4.90 Å². The first-order valence-corrected chi connectivity index (χ1v) is 5.23. The first-order chi connectivity index (χ1) is 5.92. The van der Waals surface area contributed by atoms with Crippen molar-refractivity contribution >= 4 is 15.9 Å². The van der Waals surface area contributed by atoms with Crippen LogP contribution in [0.4, 0.5) is 0 Å². The number of hydrogen-bond donors (Lipinski definition) is 0. The first-order valence-electron chi connectivity index (χ1n) is 4.32. The fourth-order valence-corrected chi connectivity index (χ4v) is 2.20. The third kappa shape index (κ3) is 1.36. The van der Waals surface area contributed by atoms with Crippen molar-refractivity contribution in [3.8, 4) is 0 Å². The molecule has 0 aromatic carbocycles. The molecule has 1 saturated heterocycles. The Morgan fingerprint density at radius 1 is 1.58 bits per heavy atom. The molecule has 1 aliphatic carbocycles. The van der Waals surface area contributed by atoms with Crippen molar-refractivity contribution < 1.29 is 0 Å². The molecular formula is C10H12BrN. The largest absolute Gasteiger partial charge is 0.351 e.